The van der Waals surface area contributed by atoms with E-state index < -0.39 is 0 Å². The Morgan fingerprint density at radius 1 is 1.30 bits per heavy atom. The van der Waals surface area contributed by atoms with E-state index in [1.54, 1.807) is 4.68 Å². The van der Waals surface area contributed by atoms with Gasteiger partial charge < -0.3 is 5.32 Å². The van der Waals surface area contributed by atoms with Gasteiger partial charge in [0.2, 0.25) is 0 Å². The normalized spacial score (nSPS) is 19.2. The standard InChI is InChI=1S/C15H29N5/c1-5-16-14(11-13-12-19(4)18-17-13)15(2,3)20-9-7-6-8-10-20/h12,14,16H,5-11H2,1-4H3. The summed E-state index contributed by atoms with van der Waals surface area (Å²) in [5, 5.41) is 12.0. The molecule has 1 N–H and O–H groups in total. The summed E-state index contributed by atoms with van der Waals surface area (Å²) < 4.78 is 1.78. The predicted molar refractivity (Wildman–Crippen MR) is 81.7 cm³/mol. The molecule has 20 heavy (non-hydrogen) atoms. The first-order valence-electron chi connectivity index (χ1n) is 7.87. The molecule has 5 nitrogen and oxygen atoms in total. The monoisotopic (exact) mass is 279 g/mol. The third-order valence-electron chi connectivity index (χ3n) is 4.54. The van der Waals surface area contributed by atoms with Gasteiger partial charge in [-0.3, -0.25) is 9.58 Å². The summed E-state index contributed by atoms with van der Waals surface area (Å²) in [6, 6.07) is 0.405. The Labute approximate surface area is 122 Å². The predicted octanol–water partition coefficient (Wildman–Crippen LogP) is 1.60. The van der Waals surface area contributed by atoms with Crippen molar-refractivity contribution in [3.8, 4) is 0 Å². The lowest BCUT2D eigenvalue weighted by Gasteiger charge is -2.46. The number of hydrogen-bond acceptors (Lipinski definition) is 4. The second-order valence-corrected chi connectivity index (χ2v) is 6.40. The van der Waals surface area contributed by atoms with E-state index in [4.69, 9.17) is 0 Å². The summed E-state index contributed by atoms with van der Waals surface area (Å²) in [6.45, 7) is 10.3. The lowest BCUT2D eigenvalue weighted by Crippen LogP contribution is -2.59. The van der Waals surface area contributed by atoms with Gasteiger partial charge in [-0.2, -0.15) is 0 Å². The van der Waals surface area contributed by atoms with E-state index in [0.29, 0.717) is 6.04 Å². The number of nitrogens with one attached hydrogen (secondary N) is 1. The highest BCUT2D eigenvalue weighted by Gasteiger charge is 2.35. The number of aromatic nitrogens is 3. The highest BCUT2D eigenvalue weighted by atomic mass is 15.4. The molecule has 0 radical (unpaired) electrons. The van der Waals surface area contributed by atoms with Crippen molar-refractivity contribution in [3.05, 3.63) is 11.9 Å². The molecule has 0 amide bonds. The highest BCUT2D eigenvalue weighted by Crippen LogP contribution is 2.25. The van der Waals surface area contributed by atoms with Crippen molar-refractivity contribution in [1.29, 1.82) is 0 Å². The summed E-state index contributed by atoms with van der Waals surface area (Å²) in [5.74, 6) is 0. The highest BCUT2D eigenvalue weighted by molar-refractivity contribution is 5.03. The summed E-state index contributed by atoms with van der Waals surface area (Å²) >= 11 is 0. The van der Waals surface area contributed by atoms with Crippen molar-refractivity contribution in [3.63, 3.8) is 0 Å². The fraction of sp³-hybridized carbons (Fsp3) is 0.867. The van der Waals surface area contributed by atoms with Gasteiger partial charge >= 0.3 is 0 Å². The van der Waals surface area contributed by atoms with Gasteiger partial charge in [-0.1, -0.05) is 18.6 Å². The summed E-state index contributed by atoms with van der Waals surface area (Å²) in [5.41, 5.74) is 1.22. The van der Waals surface area contributed by atoms with Crippen LogP contribution in [-0.4, -0.2) is 51.1 Å². The van der Waals surface area contributed by atoms with E-state index in [1.165, 1.54) is 32.4 Å². The van der Waals surface area contributed by atoms with Crippen molar-refractivity contribution < 1.29 is 0 Å². The van der Waals surface area contributed by atoms with E-state index in [-0.39, 0.29) is 5.54 Å². The molecule has 1 saturated heterocycles. The average Bonchev–Trinajstić information content (AvgIpc) is 2.85. The van der Waals surface area contributed by atoms with Crippen molar-refractivity contribution in [2.75, 3.05) is 19.6 Å². The van der Waals surface area contributed by atoms with Crippen LogP contribution in [-0.2, 0) is 13.5 Å². The maximum atomic E-state index is 4.25. The van der Waals surface area contributed by atoms with Gasteiger partial charge in [-0.05, 0) is 46.3 Å². The number of aryl methyl sites for hydroxylation is 1. The molecule has 2 heterocycles. The third-order valence-corrected chi connectivity index (χ3v) is 4.54. The Morgan fingerprint density at radius 2 is 2.00 bits per heavy atom. The maximum absolute atomic E-state index is 4.25. The average molecular weight is 279 g/mol. The lowest BCUT2D eigenvalue weighted by molar-refractivity contribution is 0.0613. The molecule has 1 fully saturated rings. The van der Waals surface area contributed by atoms with Crippen LogP contribution in [0.15, 0.2) is 6.20 Å². The van der Waals surface area contributed by atoms with Crippen LogP contribution in [0.3, 0.4) is 0 Å². The molecule has 1 aliphatic heterocycles. The van der Waals surface area contributed by atoms with E-state index in [9.17, 15) is 0 Å². The zero-order valence-corrected chi connectivity index (χ0v) is 13.4. The topological polar surface area (TPSA) is 46.0 Å². The molecule has 1 aromatic heterocycles. The van der Waals surface area contributed by atoms with Gasteiger partial charge in [0.15, 0.2) is 0 Å². The molecule has 0 aliphatic carbocycles. The van der Waals surface area contributed by atoms with Crippen LogP contribution >= 0.6 is 0 Å². The van der Waals surface area contributed by atoms with Gasteiger partial charge in [0.05, 0.1) is 5.69 Å². The van der Waals surface area contributed by atoms with E-state index in [1.807, 2.05) is 13.2 Å². The van der Waals surface area contributed by atoms with Gasteiger partial charge in [-0.15, -0.1) is 5.10 Å². The van der Waals surface area contributed by atoms with Crippen LogP contribution in [0.2, 0.25) is 0 Å². The van der Waals surface area contributed by atoms with Gasteiger partial charge in [0, 0.05) is 31.2 Å². The molecule has 0 saturated carbocycles. The smallest absolute Gasteiger partial charge is 0.0843 e. The number of hydrogen-bond donors (Lipinski definition) is 1. The molecule has 5 heteroatoms. The van der Waals surface area contributed by atoms with Crippen LogP contribution in [0.4, 0.5) is 0 Å². The minimum absolute atomic E-state index is 0.147. The van der Waals surface area contributed by atoms with Gasteiger partial charge in [-0.25, -0.2) is 0 Å². The summed E-state index contributed by atoms with van der Waals surface area (Å²) in [4.78, 5) is 2.64. The van der Waals surface area contributed by atoms with Crippen LogP contribution in [0.5, 0.6) is 0 Å². The van der Waals surface area contributed by atoms with Crippen LogP contribution in [0.25, 0.3) is 0 Å². The third kappa shape index (κ3) is 3.58. The fourth-order valence-corrected chi connectivity index (χ4v) is 3.21. The molecule has 1 unspecified atom stereocenters. The molecular formula is C15H29N5. The van der Waals surface area contributed by atoms with E-state index >= 15 is 0 Å². The second kappa shape index (κ2) is 6.68. The van der Waals surface area contributed by atoms with Crippen LogP contribution in [0.1, 0.15) is 45.7 Å². The maximum Gasteiger partial charge on any atom is 0.0843 e. The SMILES string of the molecule is CCNC(Cc1cn(C)nn1)C(C)(C)N1CCCCC1. The number of likely N-dealkylation sites (N-methyl/N-ethyl adjacent to an activating group) is 1. The molecule has 114 valence electrons. The molecule has 2 rings (SSSR count). The summed E-state index contributed by atoms with van der Waals surface area (Å²) in [7, 11) is 1.93. The lowest BCUT2D eigenvalue weighted by atomic mass is 9.87. The van der Waals surface area contributed by atoms with E-state index in [0.717, 1.165) is 18.7 Å². The quantitative estimate of drug-likeness (QED) is 0.859. The molecule has 0 spiro atoms. The van der Waals surface area contributed by atoms with Gasteiger partial charge in [0.1, 0.15) is 0 Å². The largest absolute Gasteiger partial charge is 0.312 e. The number of likely N-dealkylation sites (tertiary alicyclic amines) is 1. The zero-order chi connectivity index (χ0) is 14.6. The molecule has 1 aliphatic rings. The Hall–Kier alpha value is -0.940. The summed E-state index contributed by atoms with van der Waals surface area (Å²) in [6.07, 6.45) is 6.99. The molecule has 0 aromatic carbocycles. The molecule has 1 aromatic rings. The Morgan fingerprint density at radius 3 is 2.55 bits per heavy atom. The minimum Gasteiger partial charge on any atom is -0.312 e. The van der Waals surface area contributed by atoms with Crippen molar-refractivity contribution in [2.45, 2.75) is 58.0 Å². The van der Waals surface area contributed by atoms with Crippen LogP contribution in [0, 0.1) is 0 Å². The Kier molecular flexibility index (Phi) is 5.16. The molecular weight excluding hydrogens is 250 g/mol. The van der Waals surface area contributed by atoms with Crippen LogP contribution < -0.4 is 5.32 Å². The number of piperidine rings is 1. The Bertz CT molecular complexity index is 406. The van der Waals surface area contributed by atoms with Crippen molar-refractivity contribution >= 4 is 0 Å². The first kappa shape index (κ1) is 15.4. The van der Waals surface area contributed by atoms with Gasteiger partial charge in [0.25, 0.3) is 0 Å². The molecule has 1 atom stereocenters. The van der Waals surface area contributed by atoms with Crippen molar-refractivity contribution in [1.82, 2.24) is 25.2 Å². The van der Waals surface area contributed by atoms with Crippen molar-refractivity contribution in [2.24, 2.45) is 7.05 Å². The number of nitrogens with zero attached hydrogens (tertiary/aromatic N) is 4. The number of rotatable bonds is 6. The first-order chi connectivity index (χ1) is 9.54. The molecule has 0 bridgehead atoms. The van der Waals surface area contributed by atoms with E-state index in [2.05, 4.69) is 41.3 Å². The second-order valence-electron chi connectivity index (χ2n) is 6.40. The zero-order valence-electron chi connectivity index (χ0n) is 13.4. The Balaban J connectivity index is 2.08. The minimum atomic E-state index is 0.147. The first-order valence-corrected chi connectivity index (χ1v) is 7.87. The fourth-order valence-electron chi connectivity index (χ4n) is 3.21.